The standard InChI is InChI=1S/C19H15Cl2FN2O2S/c1-13-9-15(20)11-23-19(13)24(12-14-7-8-18(22)17(21)10-14)27(25,26)16-5-3-2-4-6-16/h2-11H,12H2,1H3. The van der Waals surface area contributed by atoms with E-state index < -0.39 is 15.8 Å². The van der Waals surface area contributed by atoms with Crippen molar-refractivity contribution < 1.29 is 12.8 Å². The Labute approximate surface area is 167 Å². The van der Waals surface area contributed by atoms with Crippen molar-refractivity contribution in [3.63, 3.8) is 0 Å². The fraction of sp³-hybridized carbons (Fsp3) is 0.105. The fourth-order valence-corrected chi connectivity index (χ4v) is 4.50. The second-order valence-electron chi connectivity index (χ2n) is 5.87. The summed E-state index contributed by atoms with van der Waals surface area (Å²) >= 11 is 11.8. The first kappa shape index (κ1) is 19.6. The molecule has 27 heavy (non-hydrogen) atoms. The summed E-state index contributed by atoms with van der Waals surface area (Å²) in [5.74, 6) is -0.331. The number of benzene rings is 2. The Kier molecular flexibility index (Phi) is 5.69. The Balaban J connectivity index is 2.12. The minimum Gasteiger partial charge on any atom is -0.245 e. The first-order valence-electron chi connectivity index (χ1n) is 7.93. The molecule has 0 amide bonds. The van der Waals surface area contributed by atoms with E-state index in [1.54, 1.807) is 31.2 Å². The number of hydrogen-bond acceptors (Lipinski definition) is 3. The highest BCUT2D eigenvalue weighted by Gasteiger charge is 2.27. The molecule has 0 unspecified atom stereocenters. The molecule has 1 aromatic heterocycles. The molecule has 0 saturated heterocycles. The summed E-state index contributed by atoms with van der Waals surface area (Å²) in [7, 11) is -3.92. The minimum atomic E-state index is -3.92. The van der Waals surface area contributed by atoms with Crippen LogP contribution >= 0.6 is 23.2 Å². The number of pyridine rings is 1. The predicted octanol–water partition coefficient (Wildman–Crippen LogP) is 5.23. The lowest BCUT2D eigenvalue weighted by atomic mass is 10.2. The van der Waals surface area contributed by atoms with Crippen LogP contribution in [0.3, 0.4) is 0 Å². The molecule has 0 fully saturated rings. The molecule has 0 aliphatic heterocycles. The summed E-state index contributed by atoms with van der Waals surface area (Å²) in [5, 5.41) is 0.323. The maximum absolute atomic E-state index is 13.5. The van der Waals surface area contributed by atoms with Gasteiger partial charge in [0.15, 0.2) is 0 Å². The van der Waals surface area contributed by atoms with Crippen molar-refractivity contribution in [2.75, 3.05) is 4.31 Å². The number of rotatable bonds is 5. The topological polar surface area (TPSA) is 50.3 Å². The van der Waals surface area contributed by atoms with Crippen molar-refractivity contribution in [2.24, 2.45) is 0 Å². The lowest BCUT2D eigenvalue weighted by molar-refractivity contribution is 0.589. The van der Waals surface area contributed by atoms with E-state index in [1.807, 2.05) is 0 Å². The Hall–Kier alpha value is -2.15. The van der Waals surface area contributed by atoms with Gasteiger partial charge in [-0.1, -0.05) is 47.5 Å². The van der Waals surface area contributed by atoms with E-state index in [0.717, 1.165) is 4.31 Å². The Morgan fingerprint density at radius 1 is 1.07 bits per heavy atom. The molecule has 1 heterocycles. The maximum atomic E-state index is 13.5. The largest absolute Gasteiger partial charge is 0.265 e. The van der Waals surface area contributed by atoms with Gasteiger partial charge in [0.1, 0.15) is 11.6 Å². The number of halogens is 3. The van der Waals surface area contributed by atoms with Gasteiger partial charge in [-0.25, -0.2) is 22.1 Å². The van der Waals surface area contributed by atoms with Crippen LogP contribution in [0, 0.1) is 12.7 Å². The first-order valence-corrected chi connectivity index (χ1v) is 10.1. The van der Waals surface area contributed by atoms with E-state index in [2.05, 4.69) is 4.98 Å². The van der Waals surface area contributed by atoms with Crippen LogP contribution in [0.25, 0.3) is 0 Å². The van der Waals surface area contributed by atoms with Gasteiger partial charge in [-0.15, -0.1) is 0 Å². The monoisotopic (exact) mass is 424 g/mol. The zero-order valence-electron chi connectivity index (χ0n) is 14.2. The number of nitrogens with zero attached hydrogens (tertiary/aromatic N) is 2. The van der Waals surface area contributed by atoms with Crippen molar-refractivity contribution in [3.8, 4) is 0 Å². The molecule has 0 aliphatic rings. The summed E-state index contributed by atoms with van der Waals surface area (Å²) in [4.78, 5) is 4.33. The molecule has 0 atom stereocenters. The van der Waals surface area contributed by atoms with Crippen LogP contribution < -0.4 is 4.31 Å². The van der Waals surface area contributed by atoms with E-state index in [-0.39, 0.29) is 22.3 Å². The number of sulfonamides is 1. The van der Waals surface area contributed by atoms with Crippen LogP contribution in [0.15, 0.2) is 65.7 Å². The maximum Gasteiger partial charge on any atom is 0.265 e. The van der Waals surface area contributed by atoms with Gasteiger partial charge in [-0.3, -0.25) is 0 Å². The van der Waals surface area contributed by atoms with Crippen LogP contribution in [0.5, 0.6) is 0 Å². The van der Waals surface area contributed by atoms with Gasteiger partial charge in [0.2, 0.25) is 0 Å². The molecule has 0 bridgehead atoms. The molecule has 0 radical (unpaired) electrons. The highest BCUT2D eigenvalue weighted by molar-refractivity contribution is 7.92. The molecule has 0 spiro atoms. The number of anilines is 1. The van der Waals surface area contributed by atoms with Crippen LogP contribution in [0.2, 0.25) is 10.0 Å². The van der Waals surface area contributed by atoms with Gasteiger partial charge in [0.05, 0.1) is 21.5 Å². The van der Waals surface area contributed by atoms with E-state index >= 15 is 0 Å². The number of aryl methyl sites for hydroxylation is 1. The van der Waals surface area contributed by atoms with Gasteiger partial charge >= 0.3 is 0 Å². The lowest BCUT2D eigenvalue weighted by Gasteiger charge is -2.25. The van der Waals surface area contributed by atoms with E-state index in [9.17, 15) is 12.8 Å². The molecular formula is C19H15Cl2FN2O2S. The number of hydrogen-bond donors (Lipinski definition) is 0. The first-order chi connectivity index (χ1) is 12.8. The van der Waals surface area contributed by atoms with Gasteiger partial charge in [0.25, 0.3) is 10.0 Å². The highest BCUT2D eigenvalue weighted by Crippen LogP contribution is 2.29. The van der Waals surface area contributed by atoms with Crippen molar-refractivity contribution in [1.29, 1.82) is 0 Å². The van der Waals surface area contributed by atoms with Crippen LogP contribution in [-0.4, -0.2) is 13.4 Å². The quantitative estimate of drug-likeness (QED) is 0.563. The Morgan fingerprint density at radius 2 is 1.78 bits per heavy atom. The van der Waals surface area contributed by atoms with Crippen molar-refractivity contribution >= 4 is 39.0 Å². The second kappa shape index (κ2) is 7.84. The van der Waals surface area contributed by atoms with Crippen molar-refractivity contribution in [2.45, 2.75) is 18.4 Å². The fourth-order valence-electron chi connectivity index (χ4n) is 2.59. The van der Waals surface area contributed by atoms with Gasteiger partial charge in [-0.05, 0) is 48.4 Å². The lowest BCUT2D eigenvalue weighted by Crippen LogP contribution is -2.32. The molecule has 8 heteroatoms. The van der Waals surface area contributed by atoms with E-state index in [4.69, 9.17) is 23.2 Å². The van der Waals surface area contributed by atoms with Crippen molar-refractivity contribution in [3.05, 3.63) is 87.8 Å². The number of aromatic nitrogens is 1. The minimum absolute atomic E-state index is 0.0628. The smallest absolute Gasteiger partial charge is 0.245 e. The molecule has 2 aromatic carbocycles. The van der Waals surface area contributed by atoms with E-state index in [1.165, 1.54) is 36.5 Å². The summed E-state index contributed by atoms with van der Waals surface area (Å²) in [5.41, 5.74) is 1.12. The molecular weight excluding hydrogens is 410 g/mol. The van der Waals surface area contributed by atoms with Crippen LogP contribution in [0.1, 0.15) is 11.1 Å². The zero-order chi connectivity index (χ0) is 19.6. The highest BCUT2D eigenvalue weighted by atomic mass is 35.5. The third kappa shape index (κ3) is 4.24. The average Bonchev–Trinajstić information content (AvgIpc) is 2.64. The normalized spacial score (nSPS) is 11.4. The third-order valence-corrected chi connectivity index (χ3v) is 6.14. The SMILES string of the molecule is Cc1cc(Cl)cnc1N(Cc1ccc(F)c(Cl)c1)S(=O)(=O)c1ccccc1. The zero-order valence-corrected chi connectivity index (χ0v) is 16.6. The molecule has 4 nitrogen and oxygen atoms in total. The Morgan fingerprint density at radius 3 is 2.41 bits per heavy atom. The summed E-state index contributed by atoms with van der Waals surface area (Å²) in [6, 6.07) is 13.7. The molecule has 140 valence electrons. The molecule has 0 aliphatic carbocycles. The average molecular weight is 425 g/mol. The van der Waals surface area contributed by atoms with E-state index in [0.29, 0.717) is 16.1 Å². The summed E-state index contributed by atoms with van der Waals surface area (Å²) < 4.78 is 41.2. The molecule has 3 aromatic rings. The van der Waals surface area contributed by atoms with Gasteiger partial charge in [-0.2, -0.15) is 0 Å². The second-order valence-corrected chi connectivity index (χ2v) is 8.57. The van der Waals surface area contributed by atoms with Crippen molar-refractivity contribution in [1.82, 2.24) is 4.98 Å². The molecule has 0 N–H and O–H groups in total. The van der Waals surface area contributed by atoms with Gasteiger partial charge < -0.3 is 0 Å². The summed E-state index contributed by atoms with van der Waals surface area (Å²) in [6.07, 6.45) is 1.38. The predicted molar refractivity (Wildman–Crippen MR) is 105 cm³/mol. The van der Waals surface area contributed by atoms with Crippen LogP contribution in [0.4, 0.5) is 10.2 Å². The molecule has 3 rings (SSSR count). The third-order valence-electron chi connectivity index (χ3n) is 3.89. The summed E-state index contributed by atoms with van der Waals surface area (Å²) in [6.45, 7) is 1.66. The van der Waals surface area contributed by atoms with Gasteiger partial charge in [0, 0.05) is 6.20 Å². The van der Waals surface area contributed by atoms with Crippen LogP contribution in [-0.2, 0) is 16.6 Å². The Bertz CT molecular complexity index is 1080. The molecule has 0 saturated carbocycles.